The van der Waals surface area contributed by atoms with Gasteiger partial charge in [0.05, 0.1) is 21.0 Å². The fourth-order valence-electron chi connectivity index (χ4n) is 2.55. The molecule has 1 saturated carbocycles. The predicted octanol–water partition coefficient (Wildman–Crippen LogP) is 3.90. The Morgan fingerprint density at radius 3 is 2.40 bits per heavy atom. The summed E-state index contributed by atoms with van der Waals surface area (Å²) >= 11 is 12.0. The van der Waals surface area contributed by atoms with Crippen molar-refractivity contribution >= 4 is 38.7 Å². The van der Waals surface area contributed by atoms with Crippen molar-refractivity contribution in [3.05, 3.63) is 28.0 Å². The van der Waals surface area contributed by atoms with Crippen LogP contribution in [0, 0.1) is 5.82 Å². The summed E-state index contributed by atoms with van der Waals surface area (Å²) in [4.78, 5) is 0. The molecule has 1 aromatic carbocycles. The van der Waals surface area contributed by atoms with Gasteiger partial charge in [-0.3, -0.25) is 0 Å². The van der Waals surface area contributed by atoms with Gasteiger partial charge in [-0.2, -0.15) is 0 Å². The Kier molecular flexibility index (Phi) is 4.82. The number of nitrogens with one attached hydrogen (secondary N) is 1. The van der Waals surface area contributed by atoms with Crippen LogP contribution in [0.25, 0.3) is 0 Å². The molecular weight excluding hydrogens is 324 g/mol. The SMILES string of the molecule is CS(=O)(=O)C1CCCC(Nc2c(Cl)cc(F)cc2Cl)C1. The van der Waals surface area contributed by atoms with Crippen molar-refractivity contribution in [3.8, 4) is 0 Å². The minimum absolute atomic E-state index is 0.0241. The van der Waals surface area contributed by atoms with Crippen LogP contribution in [0.15, 0.2) is 12.1 Å². The summed E-state index contributed by atoms with van der Waals surface area (Å²) in [5.41, 5.74) is 0.467. The molecule has 1 fully saturated rings. The minimum atomic E-state index is -3.04. The summed E-state index contributed by atoms with van der Waals surface area (Å²) in [6, 6.07) is 2.35. The molecule has 112 valence electrons. The zero-order valence-electron chi connectivity index (χ0n) is 11.0. The largest absolute Gasteiger partial charge is 0.380 e. The third-order valence-corrected chi connectivity index (χ3v) is 5.82. The third-order valence-electron chi connectivity index (χ3n) is 3.59. The number of sulfone groups is 1. The van der Waals surface area contributed by atoms with Crippen molar-refractivity contribution in [1.29, 1.82) is 0 Å². The van der Waals surface area contributed by atoms with Crippen molar-refractivity contribution in [1.82, 2.24) is 0 Å². The van der Waals surface area contributed by atoms with Gasteiger partial charge in [0.1, 0.15) is 15.7 Å². The molecule has 0 heterocycles. The molecule has 2 unspecified atom stereocenters. The maximum absolute atomic E-state index is 13.1. The molecule has 1 aliphatic carbocycles. The second-order valence-corrected chi connectivity index (χ2v) is 8.34. The van der Waals surface area contributed by atoms with E-state index in [9.17, 15) is 12.8 Å². The summed E-state index contributed by atoms with van der Waals surface area (Å²) in [7, 11) is -3.04. The minimum Gasteiger partial charge on any atom is -0.380 e. The number of rotatable bonds is 3. The lowest BCUT2D eigenvalue weighted by Gasteiger charge is -2.30. The Balaban J connectivity index is 2.14. The molecule has 1 N–H and O–H groups in total. The molecule has 2 atom stereocenters. The second-order valence-electron chi connectivity index (χ2n) is 5.20. The molecule has 0 radical (unpaired) electrons. The van der Waals surface area contributed by atoms with Gasteiger partial charge < -0.3 is 5.32 Å². The van der Waals surface area contributed by atoms with E-state index in [1.54, 1.807) is 0 Å². The Hall–Kier alpha value is -0.520. The quantitative estimate of drug-likeness (QED) is 0.908. The lowest BCUT2D eigenvalue weighted by molar-refractivity contribution is 0.453. The summed E-state index contributed by atoms with van der Waals surface area (Å²) in [5.74, 6) is -0.497. The number of benzene rings is 1. The van der Waals surface area contributed by atoms with Crippen molar-refractivity contribution in [2.75, 3.05) is 11.6 Å². The first kappa shape index (κ1) is 15.9. The summed E-state index contributed by atoms with van der Waals surface area (Å²) in [6.07, 6.45) is 4.13. The third kappa shape index (κ3) is 3.77. The standard InChI is InChI=1S/C13H16Cl2FNO2S/c1-20(18,19)10-4-2-3-9(7-10)17-13-11(14)5-8(16)6-12(13)15/h5-6,9-10,17H,2-4,7H2,1H3. The normalized spacial score (nSPS) is 23.6. The van der Waals surface area contributed by atoms with E-state index >= 15 is 0 Å². The molecule has 0 saturated heterocycles. The highest BCUT2D eigenvalue weighted by Crippen LogP contribution is 2.34. The Morgan fingerprint density at radius 1 is 1.25 bits per heavy atom. The van der Waals surface area contributed by atoms with E-state index in [2.05, 4.69) is 5.32 Å². The molecule has 3 nitrogen and oxygen atoms in total. The predicted molar refractivity (Wildman–Crippen MR) is 80.9 cm³/mol. The molecule has 1 aliphatic rings. The lowest BCUT2D eigenvalue weighted by Crippen LogP contribution is -2.34. The van der Waals surface area contributed by atoms with Crippen LogP contribution in [0.2, 0.25) is 10.0 Å². The zero-order chi connectivity index (χ0) is 14.9. The van der Waals surface area contributed by atoms with E-state index in [-0.39, 0.29) is 21.3 Å². The molecule has 0 aromatic heterocycles. The molecule has 1 aromatic rings. The second kappa shape index (κ2) is 6.08. The highest BCUT2D eigenvalue weighted by Gasteiger charge is 2.29. The Labute approximate surface area is 128 Å². The van der Waals surface area contributed by atoms with Crippen LogP contribution in [0.3, 0.4) is 0 Å². The maximum Gasteiger partial charge on any atom is 0.150 e. The van der Waals surface area contributed by atoms with Gasteiger partial charge in [-0.15, -0.1) is 0 Å². The van der Waals surface area contributed by atoms with Gasteiger partial charge in [-0.1, -0.05) is 29.6 Å². The first-order chi connectivity index (χ1) is 9.27. The van der Waals surface area contributed by atoms with Crippen molar-refractivity contribution < 1.29 is 12.8 Å². The topological polar surface area (TPSA) is 46.2 Å². The number of halogens is 3. The molecule has 20 heavy (non-hydrogen) atoms. The molecule has 7 heteroatoms. The smallest absolute Gasteiger partial charge is 0.150 e. The van der Waals surface area contributed by atoms with Crippen LogP contribution in [0.4, 0.5) is 10.1 Å². The monoisotopic (exact) mass is 339 g/mol. The van der Waals surface area contributed by atoms with E-state index in [0.717, 1.165) is 12.8 Å². The van der Waals surface area contributed by atoms with Crippen molar-refractivity contribution in [2.45, 2.75) is 37.0 Å². The highest BCUT2D eigenvalue weighted by atomic mass is 35.5. The van der Waals surface area contributed by atoms with Crippen LogP contribution < -0.4 is 5.32 Å². The van der Waals surface area contributed by atoms with Gasteiger partial charge in [0.15, 0.2) is 0 Å². The average Bonchev–Trinajstić information content (AvgIpc) is 2.33. The molecule has 0 amide bonds. The van der Waals surface area contributed by atoms with Gasteiger partial charge in [0, 0.05) is 12.3 Å². The van der Waals surface area contributed by atoms with E-state index in [1.807, 2.05) is 0 Å². The summed E-state index contributed by atoms with van der Waals surface area (Å²) in [6.45, 7) is 0. The van der Waals surface area contributed by atoms with Gasteiger partial charge in [-0.05, 0) is 31.4 Å². The van der Waals surface area contributed by atoms with Crippen LogP contribution in [-0.2, 0) is 9.84 Å². The highest BCUT2D eigenvalue weighted by molar-refractivity contribution is 7.91. The Bertz CT molecular complexity index is 583. The molecule has 0 aliphatic heterocycles. The fourth-order valence-corrected chi connectivity index (χ4v) is 4.30. The number of hydrogen-bond acceptors (Lipinski definition) is 3. The maximum atomic E-state index is 13.1. The summed E-state index contributed by atoms with van der Waals surface area (Å²) in [5, 5.41) is 3.22. The molecular formula is C13H16Cl2FNO2S. The first-order valence-electron chi connectivity index (χ1n) is 6.37. The average molecular weight is 340 g/mol. The van der Waals surface area contributed by atoms with Crippen molar-refractivity contribution in [2.24, 2.45) is 0 Å². The fraction of sp³-hybridized carbons (Fsp3) is 0.538. The van der Waals surface area contributed by atoms with Crippen molar-refractivity contribution in [3.63, 3.8) is 0 Å². The lowest BCUT2D eigenvalue weighted by atomic mass is 9.94. The van der Waals surface area contributed by atoms with E-state index in [1.165, 1.54) is 18.4 Å². The zero-order valence-corrected chi connectivity index (χ0v) is 13.3. The van der Waals surface area contributed by atoms with E-state index in [4.69, 9.17) is 23.2 Å². The summed E-state index contributed by atoms with van der Waals surface area (Å²) < 4.78 is 36.4. The molecule has 0 bridgehead atoms. The van der Waals surface area contributed by atoms with E-state index in [0.29, 0.717) is 18.5 Å². The van der Waals surface area contributed by atoms with Gasteiger partial charge in [0.25, 0.3) is 0 Å². The first-order valence-corrected chi connectivity index (χ1v) is 9.08. The number of hydrogen-bond donors (Lipinski definition) is 1. The van der Waals surface area contributed by atoms with Gasteiger partial charge in [-0.25, -0.2) is 12.8 Å². The van der Waals surface area contributed by atoms with Gasteiger partial charge in [0.2, 0.25) is 0 Å². The Morgan fingerprint density at radius 2 is 1.85 bits per heavy atom. The van der Waals surface area contributed by atoms with Crippen LogP contribution >= 0.6 is 23.2 Å². The number of anilines is 1. The van der Waals surface area contributed by atoms with E-state index < -0.39 is 15.7 Å². The van der Waals surface area contributed by atoms with Gasteiger partial charge >= 0.3 is 0 Å². The molecule has 0 spiro atoms. The van der Waals surface area contributed by atoms with Crippen LogP contribution in [-0.4, -0.2) is 26.0 Å². The van der Waals surface area contributed by atoms with Crippen LogP contribution in [0.5, 0.6) is 0 Å². The molecule has 2 rings (SSSR count). The van der Waals surface area contributed by atoms with Crippen LogP contribution in [0.1, 0.15) is 25.7 Å².